The average molecular weight is 343 g/mol. The minimum atomic E-state index is -0.318. The van der Waals surface area contributed by atoms with E-state index >= 15 is 0 Å². The van der Waals surface area contributed by atoms with E-state index in [1.165, 1.54) is 29.2 Å². The van der Waals surface area contributed by atoms with Crippen molar-refractivity contribution in [2.24, 2.45) is 0 Å². The molecule has 1 aromatic carbocycles. The van der Waals surface area contributed by atoms with Crippen molar-refractivity contribution in [2.45, 2.75) is 26.4 Å². The third-order valence-electron chi connectivity index (χ3n) is 3.86. The molecule has 2 aromatic heterocycles. The van der Waals surface area contributed by atoms with Crippen LogP contribution in [0.15, 0.2) is 41.6 Å². The van der Waals surface area contributed by atoms with Gasteiger partial charge in [0.25, 0.3) is 5.56 Å². The van der Waals surface area contributed by atoms with Crippen molar-refractivity contribution >= 4 is 16.9 Å². The van der Waals surface area contributed by atoms with Crippen molar-refractivity contribution in [3.8, 4) is 0 Å². The van der Waals surface area contributed by atoms with Gasteiger partial charge in [-0.3, -0.25) is 14.2 Å². The number of hydrogen-bond acceptors (Lipinski definition) is 4. The van der Waals surface area contributed by atoms with E-state index in [4.69, 9.17) is 0 Å². The summed E-state index contributed by atoms with van der Waals surface area (Å²) >= 11 is 0. The van der Waals surface area contributed by atoms with E-state index < -0.39 is 0 Å². The van der Waals surface area contributed by atoms with Gasteiger partial charge in [-0.2, -0.15) is 5.10 Å². The van der Waals surface area contributed by atoms with Crippen LogP contribution < -0.4 is 10.9 Å². The third kappa shape index (κ3) is 3.73. The van der Waals surface area contributed by atoms with Crippen LogP contribution in [0.25, 0.3) is 11.0 Å². The van der Waals surface area contributed by atoms with Gasteiger partial charge in [0.1, 0.15) is 17.5 Å². The molecule has 0 aliphatic rings. The lowest BCUT2D eigenvalue weighted by atomic mass is 10.2. The maximum Gasteiger partial charge on any atom is 0.264 e. The van der Waals surface area contributed by atoms with E-state index in [0.717, 1.165) is 5.56 Å². The second-order valence-electron chi connectivity index (χ2n) is 5.61. The largest absolute Gasteiger partial charge is 0.354 e. The molecule has 0 spiro atoms. The Balaban J connectivity index is 1.80. The lowest BCUT2D eigenvalue weighted by Crippen LogP contribution is -2.27. The van der Waals surface area contributed by atoms with E-state index in [1.54, 1.807) is 23.7 Å². The Morgan fingerprint density at radius 3 is 2.76 bits per heavy atom. The topological polar surface area (TPSA) is 81.8 Å². The van der Waals surface area contributed by atoms with Crippen LogP contribution in [0.1, 0.15) is 18.9 Å². The van der Waals surface area contributed by atoms with Crippen molar-refractivity contribution in [1.29, 1.82) is 0 Å². The second kappa shape index (κ2) is 7.25. The van der Waals surface area contributed by atoms with Gasteiger partial charge in [0.2, 0.25) is 5.91 Å². The molecule has 0 bridgehead atoms. The molecule has 2 heterocycles. The monoisotopic (exact) mass is 343 g/mol. The lowest BCUT2D eigenvalue weighted by Gasteiger charge is -2.07. The first-order chi connectivity index (χ1) is 12.1. The molecule has 0 aliphatic carbocycles. The minimum absolute atomic E-state index is 0.0360. The first-order valence-corrected chi connectivity index (χ1v) is 8.00. The van der Waals surface area contributed by atoms with Gasteiger partial charge in [-0.1, -0.05) is 19.1 Å². The fourth-order valence-corrected chi connectivity index (χ4v) is 2.49. The van der Waals surface area contributed by atoms with Gasteiger partial charge >= 0.3 is 0 Å². The highest BCUT2D eigenvalue weighted by Crippen LogP contribution is 2.08. The first kappa shape index (κ1) is 16.8. The molecule has 1 amide bonds. The number of nitrogens with one attached hydrogen (secondary N) is 1. The zero-order valence-electron chi connectivity index (χ0n) is 13.8. The summed E-state index contributed by atoms with van der Waals surface area (Å²) in [6.45, 7) is 2.94. The predicted octanol–water partition coefficient (Wildman–Crippen LogP) is 1.31. The highest BCUT2D eigenvalue weighted by Gasteiger charge is 2.10. The van der Waals surface area contributed by atoms with Crippen LogP contribution in [0.5, 0.6) is 0 Å². The molecule has 0 unspecified atom stereocenters. The molecule has 25 heavy (non-hydrogen) atoms. The third-order valence-corrected chi connectivity index (χ3v) is 3.86. The standard InChI is InChI=1S/C17H18FN5O2/c1-2-15(24)19-7-8-23-16-14(9-21-23)17(25)22(11-20-16)10-12-3-5-13(18)6-4-12/h3-6,9,11H,2,7-8,10H2,1H3,(H,19,24). The van der Waals surface area contributed by atoms with Gasteiger partial charge in [0.05, 0.1) is 19.3 Å². The number of nitrogens with zero attached hydrogens (tertiary/aromatic N) is 4. The quantitative estimate of drug-likeness (QED) is 0.732. The molecule has 0 fully saturated rings. The lowest BCUT2D eigenvalue weighted by molar-refractivity contribution is -0.120. The number of halogens is 1. The van der Waals surface area contributed by atoms with Crippen LogP contribution in [0.4, 0.5) is 4.39 Å². The number of fused-ring (bicyclic) bond motifs is 1. The summed E-state index contributed by atoms with van der Waals surface area (Å²) in [5, 5.41) is 7.34. The SMILES string of the molecule is CCC(=O)NCCn1ncc2c(=O)n(Cc3ccc(F)cc3)cnc21. The number of amides is 1. The van der Waals surface area contributed by atoms with Crippen LogP contribution in [0.2, 0.25) is 0 Å². The van der Waals surface area contributed by atoms with Crippen molar-refractivity contribution in [3.63, 3.8) is 0 Å². The smallest absolute Gasteiger partial charge is 0.264 e. The van der Waals surface area contributed by atoms with Gasteiger partial charge < -0.3 is 5.32 Å². The Hall–Kier alpha value is -3.03. The molecule has 0 aliphatic heterocycles. The predicted molar refractivity (Wildman–Crippen MR) is 90.6 cm³/mol. The summed E-state index contributed by atoms with van der Waals surface area (Å²) in [7, 11) is 0. The van der Waals surface area contributed by atoms with Crippen LogP contribution in [-0.2, 0) is 17.9 Å². The van der Waals surface area contributed by atoms with Gasteiger partial charge in [-0.25, -0.2) is 14.1 Å². The van der Waals surface area contributed by atoms with Crippen LogP contribution in [-0.4, -0.2) is 31.8 Å². The number of benzene rings is 1. The molecule has 8 heteroatoms. The molecular formula is C17H18FN5O2. The number of aromatic nitrogens is 4. The minimum Gasteiger partial charge on any atom is -0.354 e. The summed E-state index contributed by atoms with van der Waals surface area (Å²) in [5.41, 5.74) is 1.07. The van der Waals surface area contributed by atoms with Crippen molar-refractivity contribution < 1.29 is 9.18 Å². The molecule has 0 saturated carbocycles. The van der Waals surface area contributed by atoms with E-state index in [-0.39, 0.29) is 17.3 Å². The number of hydrogen-bond donors (Lipinski definition) is 1. The summed E-state index contributed by atoms with van der Waals surface area (Å²) in [4.78, 5) is 28.1. The molecule has 0 saturated heterocycles. The Labute approximate surface area is 143 Å². The highest BCUT2D eigenvalue weighted by molar-refractivity contribution is 5.75. The van der Waals surface area contributed by atoms with E-state index in [9.17, 15) is 14.0 Å². The van der Waals surface area contributed by atoms with Gasteiger partial charge in [0, 0.05) is 13.0 Å². The highest BCUT2D eigenvalue weighted by atomic mass is 19.1. The molecule has 0 radical (unpaired) electrons. The summed E-state index contributed by atoms with van der Waals surface area (Å²) in [6.07, 6.45) is 3.36. The Morgan fingerprint density at radius 2 is 2.04 bits per heavy atom. The van der Waals surface area contributed by atoms with Crippen molar-refractivity contribution in [2.75, 3.05) is 6.54 Å². The maximum absolute atomic E-state index is 13.0. The van der Waals surface area contributed by atoms with Crippen molar-refractivity contribution in [3.05, 3.63) is 58.5 Å². The molecule has 3 aromatic rings. The molecule has 0 atom stereocenters. The Bertz CT molecular complexity index is 946. The molecule has 1 N–H and O–H groups in total. The first-order valence-electron chi connectivity index (χ1n) is 8.00. The molecule has 7 nitrogen and oxygen atoms in total. The van der Waals surface area contributed by atoms with Crippen LogP contribution in [0, 0.1) is 5.82 Å². The Morgan fingerprint density at radius 1 is 1.28 bits per heavy atom. The van der Waals surface area contributed by atoms with Gasteiger partial charge in [-0.05, 0) is 17.7 Å². The fourth-order valence-electron chi connectivity index (χ4n) is 2.49. The van der Waals surface area contributed by atoms with Gasteiger partial charge in [-0.15, -0.1) is 0 Å². The Kier molecular flexibility index (Phi) is 4.87. The number of carbonyl (C=O) groups excluding carboxylic acids is 1. The number of rotatable bonds is 6. The van der Waals surface area contributed by atoms with E-state index in [2.05, 4.69) is 15.4 Å². The zero-order valence-corrected chi connectivity index (χ0v) is 13.8. The number of carbonyl (C=O) groups is 1. The molecule has 130 valence electrons. The van der Waals surface area contributed by atoms with Crippen molar-refractivity contribution in [1.82, 2.24) is 24.6 Å². The van der Waals surface area contributed by atoms with Crippen LogP contribution in [0.3, 0.4) is 0 Å². The van der Waals surface area contributed by atoms with Crippen LogP contribution >= 0.6 is 0 Å². The zero-order chi connectivity index (χ0) is 17.8. The normalized spacial score (nSPS) is 11.0. The van der Waals surface area contributed by atoms with Gasteiger partial charge in [0.15, 0.2) is 5.65 Å². The summed E-state index contributed by atoms with van der Waals surface area (Å²) in [6, 6.07) is 5.97. The second-order valence-corrected chi connectivity index (χ2v) is 5.61. The summed E-state index contributed by atoms with van der Waals surface area (Å²) in [5.74, 6) is -0.354. The average Bonchev–Trinajstić information content (AvgIpc) is 3.03. The maximum atomic E-state index is 13.0. The molecule has 3 rings (SSSR count). The summed E-state index contributed by atoms with van der Waals surface area (Å²) < 4.78 is 16.0. The van der Waals surface area contributed by atoms with E-state index in [1.807, 2.05) is 0 Å². The molecular weight excluding hydrogens is 325 g/mol. The fraction of sp³-hybridized carbons (Fsp3) is 0.294. The van der Waals surface area contributed by atoms with E-state index in [0.29, 0.717) is 37.1 Å².